The number of quaternary nitrogens is 1. The summed E-state index contributed by atoms with van der Waals surface area (Å²) in [7, 11) is 6.49. The minimum Gasteiger partial charge on any atom is -0.545 e. The highest BCUT2D eigenvalue weighted by Gasteiger charge is 2.08. The quantitative estimate of drug-likeness (QED) is 0.874. The molecule has 116 valence electrons. The van der Waals surface area contributed by atoms with Gasteiger partial charge < -0.3 is 15.0 Å². The Morgan fingerprint density at radius 2 is 1.32 bits per heavy atom. The molecule has 0 fully saturated rings. The molecule has 5 nitrogen and oxygen atoms in total. The molecule has 0 radical (unpaired) electrons. The van der Waals surface area contributed by atoms with Crippen molar-refractivity contribution in [2.45, 2.75) is 0 Å². The van der Waals surface area contributed by atoms with E-state index < -0.39 is 11.9 Å². The van der Waals surface area contributed by atoms with Crippen LogP contribution in [0.3, 0.4) is 0 Å². The van der Waals surface area contributed by atoms with Gasteiger partial charge in [0, 0.05) is 0 Å². The predicted molar refractivity (Wildman–Crippen MR) is 83.7 cm³/mol. The van der Waals surface area contributed by atoms with Crippen LogP contribution in [0.1, 0.15) is 20.7 Å². The predicted octanol–water partition coefficient (Wildman–Crippen LogP) is 1.63. The van der Waals surface area contributed by atoms with Gasteiger partial charge in [0.25, 0.3) is 0 Å². The van der Waals surface area contributed by atoms with Crippen LogP contribution in [0.15, 0.2) is 54.6 Å². The maximum Gasteiger partial charge on any atom is 0.335 e. The molecular weight excluding hydrogens is 282 g/mol. The molecule has 0 aliphatic rings. The standard InChI is InChI=1S/C9H14N.C8H6O4/c1-10(2,3)9-7-5-4-6-8-9;9-7(10)5-1-2-6(4-3-5)8(11)12/h4-8H,1-3H3;1-4H,(H,9,10)(H,11,12)/q+1;/p-1. The molecule has 2 rings (SSSR count). The van der Waals surface area contributed by atoms with Crippen LogP contribution in [-0.2, 0) is 0 Å². The molecular formula is C17H19NO4. The van der Waals surface area contributed by atoms with Crippen molar-refractivity contribution in [1.82, 2.24) is 4.48 Å². The van der Waals surface area contributed by atoms with Crippen molar-refractivity contribution >= 4 is 17.6 Å². The average Bonchev–Trinajstić information content (AvgIpc) is 2.48. The van der Waals surface area contributed by atoms with Crippen molar-refractivity contribution in [3.63, 3.8) is 0 Å². The lowest BCUT2D eigenvalue weighted by molar-refractivity contribution is -0.255. The van der Waals surface area contributed by atoms with E-state index in [1.807, 2.05) is 6.07 Å². The van der Waals surface area contributed by atoms with E-state index in [2.05, 4.69) is 45.4 Å². The second kappa shape index (κ2) is 7.38. The minimum absolute atomic E-state index is 0.0278. The van der Waals surface area contributed by atoms with Crippen LogP contribution in [0.2, 0.25) is 0 Å². The maximum atomic E-state index is 10.3. The second-order valence-corrected chi connectivity index (χ2v) is 5.52. The summed E-state index contributed by atoms with van der Waals surface area (Å²) in [6.45, 7) is 0. The highest BCUT2D eigenvalue weighted by Crippen LogP contribution is 2.14. The number of carbonyl (C=O) groups excluding carboxylic acids is 1. The topological polar surface area (TPSA) is 77.4 Å². The van der Waals surface area contributed by atoms with E-state index in [-0.39, 0.29) is 11.1 Å². The highest BCUT2D eigenvalue weighted by molar-refractivity contribution is 5.90. The number of nitrogens with zero attached hydrogens (tertiary/aromatic N) is 1. The molecule has 0 saturated heterocycles. The summed E-state index contributed by atoms with van der Waals surface area (Å²) in [4.78, 5) is 20.5. The first-order chi connectivity index (χ1) is 10.2. The van der Waals surface area contributed by atoms with Gasteiger partial charge in [-0.25, -0.2) is 4.79 Å². The lowest BCUT2D eigenvalue weighted by Gasteiger charge is -2.22. The molecule has 0 aliphatic carbocycles. The smallest absolute Gasteiger partial charge is 0.335 e. The third kappa shape index (κ3) is 5.38. The van der Waals surface area contributed by atoms with Crippen LogP contribution >= 0.6 is 0 Å². The second-order valence-electron chi connectivity index (χ2n) is 5.52. The van der Waals surface area contributed by atoms with Gasteiger partial charge in [0.2, 0.25) is 0 Å². The Bertz CT molecular complexity index is 595. The maximum absolute atomic E-state index is 10.3. The van der Waals surface area contributed by atoms with Crippen molar-refractivity contribution in [3.05, 3.63) is 65.7 Å². The lowest BCUT2D eigenvalue weighted by atomic mass is 10.1. The average molecular weight is 301 g/mol. The van der Waals surface area contributed by atoms with Gasteiger partial charge in [-0.05, 0) is 29.8 Å². The Hall–Kier alpha value is -2.66. The van der Waals surface area contributed by atoms with E-state index in [0.717, 1.165) is 4.48 Å². The summed E-state index contributed by atoms with van der Waals surface area (Å²) in [5.74, 6) is -2.40. The summed E-state index contributed by atoms with van der Waals surface area (Å²) >= 11 is 0. The third-order valence-corrected chi connectivity index (χ3v) is 2.90. The number of carboxylic acids is 2. The highest BCUT2D eigenvalue weighted by atomic mass is 16.4. The van der Waals surface area contributed by atoms with Crippen molar-refractivity contribution in [2.24, 2.45) is 0 Å². The lowest BCUT2D eigenvalue weighted by Crippen LogP contribution is -2.34. The normalized spacial score (nSPS) is 10.3. The number of carbonyl (C=O) groups is 2. The zero-order valence-corrected chi connectivity index (χ0v) is 12.8. The number of hydrogen-bond donors (Lipinski definition) is 1. The Morgan fingerprint density at radius 1 is 0.864 bits per heavy atom. The van der Waals surface area contributed by atoms with Crippen LogP contribution in [0, 0.1) is 0 Å². The number of carboxylic acid groups (broad SMARTS) is 2. The van der Waals surface area contributed by atoms with Gasteiger partial charge in [0.1, 0.15) is 5.69 Å². The fourth-order valence-electron chi connectivity index (χ4n) is 1.62. The van der Waals surface area contributed by atoms with Crippen molar-refractivity contribution in [1.29, 1.82) is 0 Å². The van der Waals surface area contributed by atoms with E-state index >= 15 is 0 Å². The van der Waals surface area contributed by atoms with Crippen molar-refractivity contribution in [2.75, 3.05) is 21.1 Å². The first-order valence-corrected chi connectivity index (χ1v) is 6.63. The Balaban J connectivity index is 0.000000224. The van der Waals surface area contributed by atoms with Gasteiger partial charge in [-0.2, -0.15) is 0 Å². The molecule has 22 heavy (non-hydrogen) atoms. The first kappa shape index (κ1) is 17.4. The Kier molecular flexibility index (Phi) is 5.83. The van der Waals surface area contributed by atoms with Crippen LogP contribution in [0.4, 0.5) is 5.69 Å². The molecule has 0 aliphatic heterocycles. The number of rotatable bonds is 3. The molecule has 2 aromatic carbocycles. The van der Waals surface area contributed by atoms with Gasteiger partial charge in [-0.15, -0.1) is 0 Å². The fraction of sp³-hybridized carbons (Fsp3) is 0.176. The van der Waals surface area contributed by atoms with Crippen LogP contribution in [0.5, 0.6) is 0 Å². The summed E-state index contributed by atoms with van der Waals surface area (Å²) in [6, 6.07) is 15.3. The van der Waals surface area contributed by atoms with E-state index in [4.69, 9.17) is 5.11 Å². The van der Waals surface area contributed by atoms with Crippen LogP contribution in [0.25, 0.3) is 0 Å². The summed E-state index contributed by atoms with van der Waals surface area (Å²) in [5, 5.41) is 18.7. The molecule has 2 aromatic rings. The van der Waals surface area contributed by atoms with E-state index in [0.29, 0.717) is 0 Å². The Labute approximate surface area is 129 Å². The van der Waals surface area contributed by atoms with Gasteiger partial charge in [0.05, 0.1) is 32.7 Å². The van der Waals surface area contributed by atoms with Crippen molar-refractivity contribution < 1.29 is 19.8 Å². The van der Waals surface area contributed by atoms with Gasteiger partial charge in [0.15, 0.2) is 0 Å². The van der Waals surface area contributed by atoms with Gasteiger partial charge in [-0.3, -0.25) is 4.48 Å². The fourth-order valence-corrected chi connectivity index (χ4v) is 1.62. The van der Waals surface area contributed by atoms with E-state index in [9.17, 15) is 14.7 Å². The molecule has 0 atom stereocenters. The molecule has 0 aromatic heterocycles. The molecule has 0 spiro atoms. The van der Waals surface area contributed by atoms with Crippen LogP contribution < -0.4 is 9.59 Å². The summed E-state index contributed by atoms with van der Waals surface area (Å²) in [5.41, 5.74) is 1.36. The summed E-state index contributed by atoms with van der Waals surface area (Å²) in [6.07, 6.45) is 0. The summed E-state index contributed by atoms with van der Waals surface area (Å²) < 4.78 is 0.890. The van der Waals surface area contributed by atoms with Crippen LogP contribution in [-0.4, -0.2) is 38.2 Å². The molecule has 0 saturated carbocycles. The molecule has 1 N–H and O–H groups in total. The van der Waals surface area contributed by atoms with E-state index in [1.54, 1.807) is 0 Å². The first-order valence-electron chi connectivity index (χ1n) is 6.63. The molecule has 0 amide bonds. The van der Waals surface area contributed by atoms with Gasteiger partial charge >= 0.3 is 5.97 Å². The zero-order valence-electron chi connectivity index (χ0n) is 12.8. The largest absolute Gasteiger partial charge is 0.545 e. The molecule has 0 heterocycles. The molecule has 5 heteroatoms. The number of aromatic carboxylic acids is 2. The van der Waals surface area contributed by atoms with E-state index in [1.165, 1.54) is 30.0 Å². The minimum atomic E-state index is -1.31. The molecule has 0 bridgehead atoms. The SMILES string of the molecule is C[N+](C)(C)c1ccccc1.O=C([O-])c1ccc(C(=O)O)cc1. The Morgan fingerprint density at radius 3 is 1.64 bits per heavy atom. The number of benzene rings is 2. The monoisotopic (exact) mass is 301 g/mol. The van der Waals surface area contributed by atoms with Crippen molar-refractivity contribution in [3.8, 4) is 0 Å². The molecule has 0 unspecified atom stereocenters. The van der Waals surface area contributed by atoms with Gasteiger partial charge in [-0.1, -0.05) is 30.3 Å². The number of hydrogen-bond acceptors (Lipinski definition) is 3. The third-order valence-electron chi connectivity index (χ3n) is 2.90. The number of para-hydroxylation sites is 1. The zero-order chi connectivity index (χ0) is 16.8.